The number of rotatable bonds is 6. The van der Waals surface area contributed by atoms with E-state index in [4.69, 9.17) is 11.6 Å². The van der Waals surface area contributed by atoms with Gasteiger partial charge >= 0.3 is 0 Å². The van der Waals surface area contributed by atoms with Crippen molar-refractivity contribution in [3.8, 4) is 0 Å². The molecule has 0 unspecified atom stereocenters. The average molecular weight is 417 g/mol. The molecule has 1 aliphatic rings. The van der Waals surface area contributed by atoms with Crippen LogP contribution in [-0.2, 0) is 11.3 Å². The number of hydrogen-bond acceptors (Lipinski definition) is 5. The highest BCUT2D eigenvalue weighted by atomic mass is 35.5. The van der Waals surface area contributed by atoms with Gasteiger partial charge in [0.15, 0.2) is 0 Å². The Kier molecular flexibility index (Phi) is 6.79. The first-order valence-corrected chi connectivity index (χ1v) is 9.57. The number of benzene rings is 2. The van der Waals surface area contributed by atoms with Crippen LogP contribution in [0.25, 0.3) is 0 Å². The predicted octanol–water partition coefficient (Wildman–Crippen LogP) is 2.32. The van der Waals surface area contributed by atoms with Gasteiger partial charge in [-0.15, -0.1) is 0 Å². The maximum atomic E-state index is 12.4. The van der Waals surface area contributed by atoms with E-state index in [2.05, 4.69) is 10.2 Å². The molecule has 1 heterocycles. The van der Waals surface area contributed by atoms with E-state index in [9.17, 15) is 19.7 Å². The van der Waals surface area contributed by atoms with E-state index in [1.165, 1.54) is 29.8 Å². The Morgan fingerprint density at radius 1 is 1.07 bits per heavy atom. The lowest BCUT2D eigenvalue weighted by Gasteiger charge is -2.34. The van der Waals surface area contributed by atoms with Gasteiger partial charge in [-0.1, -0.05) is 29.8 Å². The van der Waals surface area contributed by atoms with Crippen LogP contribution >= 0.6 is 11.6 Å². The van der Waals surface area contributed by atoms with Crippen molar-refractivity contribution in [2.24, 2.45) is 0 Å². The van der Waals surface area contributed by atoms with Crippen molar-refractivity contribution in [3.63, 3.8) is 0 Å². The molecule has 0 atom stereocenters. The Bertz CT molecular complexity index is 896. The van der Waals surface area contributed by atoms with E-state index in [1.54, 1.807) is 4.90 Å². The predicted molar refractivity (Wildman–Crippen MR) is 109 cm³/mol. The second kappa shape index (κ2) is 9.49. The first-order chi connectivity index (χ1) is 13.9. The van der Waals surface area contributed by atoms with E-state index < -0.39 is 10.8 Å². The second-order valence-electron chi connectivity index (χ2n) is 6.77. The van der Waals surface area contributed by atoms with Crippen molar-refractivity contribution in [1.82, 2.24) is 15.1 Å². The Morgan fingerprint density at radius 3 is 2.41 bits per heavy atom. The maximum Gasteiger partial charge on any atom is 0.270 e. The van der Waals surface area contributed by atoms with Crippen LogP contribution in [0.5, 0.6) is 0 Å². The molecule has 1 aliphatic heterocycles. The Morgan fingerprint density at radius 2 is 1.76 bits per heavy atom. The van der Waals surface area contributed by atoms with E-state index in [0.717, 1.165) is 19.6 Å². The number of nitro groups is 1. The summed E-state index contributed by atoms with van der Waals surface area (Å²) in [7, 11) is 0. The van der Waals surface area contributed by atoms with E-state index in [1.807, 2.05) is 24.3 Å². The maximum absolute atomic E-state index is 12.4. The summed E-state index contributed by atoms with van der Waals surface area (Å²) in [4.78, 5) is 38.8. The molecule has 0 spiro atoms. The zero-order valence-electron chi connectivity index (χ0n) is 15.7. The standard InChI is InChI=1S/C20H21ClN4O4/c21-17-6-4-15(5-7-17)14-23-8-10-24(11-9-23)19(26)13-22-20(27)16-2-1-3-18(12-16)25(28)29/h1-7,12H,8-11,13-14H2,(H,22,27). The SMILES string of the molecule is O=C(NCC(=O)N1CCN(Cc2ccc(Cl)cc2)CC1)c1cccc([N+](=O)[O-])c1. The topological polar surface area (TPSA) is 95.8 Å². The number of nitrogens with zero attached hydrogens (tertiary/aromatic N) is 3. The summed E-state index contributed by atoms with van der Waals surface area (Å²) in [6, 6.07) is 13.1. The molecule has 1 fully saturated rings. The molecule has 0 bridgehead atoms. The zero-order chi connectivity index (χ0) is 20.8. The van der Waals surface area contributed by atoms with Crippen LogP contribution in [0.4, 0.5) is 5.69 Å². The van der Waals surface area contributed by atoms with Crippen LogP contribution < -0.4 is 5.32 Å². The summed E-state index contributed by atoms with van der Waals surface area (Å²) in [5.74, 6) is -0.682. The van der Waals surface area contributed by atoms with Crippen molar-refractivity contribution < 1.29 is 14.5 Å². The third-order valence-electron chi connectivity index (χ3n) is 4.76. The monoisotopic (exact) mass is 416 g/mol. The van der Waals surface area contributed by atoms with Crippen LogP contribution in [0.2, 0.25) is 5.02 Å². The largest absolute Gasteiger partial charge is 0.343 e. The molecule has 3 rings (SSSR count). The fourth-order valence-corrected chi connectivity index (χ4v) is 3.26. The lowest BCUT2D eigenvalue weighted by molar-refractivity contribution is -0.384. The molecular formula is C20H21ClN4O4. The molecule has 1 N–H and O–H groups in total. The third-order valence-corrected chi connectivity index (χ3v) is 5.02. The van der Waals surface area contributed by atoms with Gasteiger partial charge in [0.2, 0.25) is 5.91 Å². The van der Waals surface area contributed by atoms with Gasteiger partial charge in [-0.3, -0.25) is 24.6 Å². The zero-order valence-corrected chi connectivity index (χ0v) is 16.5. The minimum absolute atomic E-state index is 0.140. The second-order valence-corrected chi connectivity index (χ2v) is 7.21. The highest BCUT2D eigenvalue weighted by Gasteiger charge is 2.22. The first kappa shape index (κ1) is 20.8. The van der Waals surface area contributed by atoms with Crippen LogP contribution in [0.15, 0.2) is 48.5 Å². The van der Waals surface area contributed by atoms with Gasteiger partial charge in [0.25, 0.3) is 11.6 Å². The van der Waals surface area contributed by atoms with Gasteiger partial charge in [-0.25, -0.2) is 0 Å². The number of halogens is 1. The van der Waals surface area contributed by atoms with Crippen LogP contribution in [0, 0.1) is 10.1 Å². The summed E-state index contributed by atoms with van der Waals surface area (Å²) >= 11 is 5.90. The molecule has 8 nitrogen and oxygen atoms in total. The lowest BCUT2D eigenvalue weighted by atomic mass is 10.2. The molecular weight excluding hydrogens is 396 g/mol. The van der Waals surface area contributed by atoms with Crippen molar-refractivity contribution in [2.45, 2.75) is 6.54 Å². The quantitative estimate of drug-likeness (QED) is 0.576. The number of amides is 2. The molecule has 2 amide bonds. The Balaban J connectivity index is 1.45. The van der Waals surface area contributed by atoms with Crippen LogP contribution in [-0.4, -0.2) is 59.3 Å². The van der Waals surface area contributed by atoms with Gasteiger partial charge in [-0.2, -0.15) is 0 Å². The van der Waals surface area contributed by atoms with Crippen LogP contribution in [0.3, 0.4) is 0 Å². The van der Waals surface area contributed by atoms with Gasteiger partial charge in [0.05, 0.1) is 11.5 Å². The normalized spacial score (nSPS) is 14.4. The van der Waals surface area contributed by atoms with Gasteiger partial charge in [0, 0.05) is 55.4 Å². The molecule has 0 saturated carbocycles. The summed E-state index contributed by atoms with van der Waals surface area (Å²) in [5, 5.41) is 14.1. The molecule has 0 aliphatic carbocycles. The highest BCUT2D eigenvalue weighted by Crippen LogP contribution is 2.14. The molecule has 0 radical (unpaired) electrons. The number of piperazine rings is 1. The lowest BCUT2D eigenvalue weighted by Crippen LogP contribution is -2.50. The summed E-state index contributed by atoms with van der Waals surface area (Å²) in [6.45, 7) is 3.31. The van der Waals surface area contributed by atoms with Crippen molar-refractivity contribution in [3.05, 3.63) is 74.8 Å². The number of carbonyl (C=O) groups excluding carboxylic acids is 2. The summed E-state index contributed by atoms with van der Waals surface area (Å²) in [5.41, 5.74) is 1.15. The summed E-state index contributed by atoms with van der Waals surface area (Å²) < 4.78 is 0. The molecule has 2 aromatic carbocycles. The first-order valence-electron chi connectivity index (χ1n) is 9.19. The fourth-order valence-electron chi connectivity index (χ4n) is 3.13. The number of nitro benzene ring substituents is 1. The molecule has 29 heavy (non-hydrogen) atoms. The fraction of sp³-hybridized carbons (Fsp3) is 0.300. The number of nitrogens with one attached hydrogen (secondary N) is 1. The molecule has 0 aromatic heterocycles. The molecule has 152 valence electrons. The van der Waals surface area contributed by atoms with E-state index in [-0.39, 0.29) is 23.7 Å². The molecule has 1 saturated heterocycles. The molecule has 9 heteroatoms. The van der Waals surface area contributed by atoms with Gasteiger partial charge < -0.3 is 10.2 Å². The minimum Gasteiger partial charge on any atom is -0.343 e. The summed E-state index contributed by atoms with van der Waals surface area (Å²) in [6.07, 6.45) is 0. The molecule has 2 aromatic rings. The van der Waals surface area contributed by atoms with Crippen molar-refractivity contribution in [1.29, 1.82) is 0 Å². The highest BCUT2D eigenvalue weighted by molar-refractivity contribution is 6.30. The van der Waals surface area contributed by atoms with Crippen molar-refractivity contribution in [2.75, 3.05) is 32.7 Å². The number of hydrogen-bond donors (Lipinski definition) is 1. The van der Waals surface area contributed by atoms with E-state index in [0.29, 0.717) is 18.1 Å². The third kappa shape index (κ3) is 5.75. The van der Waals surface area contributed by atoms with Crippen molar-refractivity contribution >= 4 is 29.1 Å². The smallest absolute Gasteiger partial charge is 0.270 e. The number of non-ortho nitro benzene ring substituents is 1. The van der Waals surface area contributed by atoms with Gasteiger partial charge in [0.1, 0.15) is 0 Å². The Hall–Kier alpha value is -2.97. The van der Waals surface area contributed by atoms with Crippen LogP contribution in [0.1, 0.15) is 15.9 Å². The Labute approximate surface area is 173 Å². The minimum atomic E-state index is -0.564. The van der Waals surface area contributed by atoms with E-state index >= 15 is 0 Å². The number of carbonyl (C=O) groups is 2. The van der Waals surface area contributed by atoms with Gasteiger partial charge in [-0.05, 0) is 23.8 Å². The average Bonchev–Trinajstić information content (AvgIpc) is 2.74.